The van der Waals surface area contributed by atoms with Crippen LogP contribution in [0.5, 0.6) is 0 Å². The summed E-state index contributed by atoms with van der Waals surface area (Å²) in [7, 11) is 0. The van der Waals surface area contributed by atoms with E-state index in [4.69, 9.17) is 4.42 Å². The quantitative estimate of drug-likeness (QED) is 0.565. The maximum absolute atomic E-state index is 9.25. The van der Waals surface area contributed by atoms with Crippen molar-refractivity contribution in [1.82, 2.24) is 15.2 Å². The van der Waals surface area contributed by atoms with Crippen LogP contribution in [0, 0.1) is 18.3 Å². The van der Waals surface area contributed by atoms with Gasteiger partial charge in [0.15, 0.2) is 12.2 Å². The second-order valence-electron chi connectivity index (χ2n) is 6.85. The van der Waals surface area contributed by atoms with E-state index in [1.54, 1.807) is 6.20 Å². The topological polar surface area (TPSA) is 90.5 Å². The van der Waals surface area contributed by atoms with E-state index in [9.17, 15) is 5.26 Å². The molecule has 0 radical (unpaired) electrons. The Bertz CT molecular complexity index is 1180. The normalized spacial score (nSPS) is 15.6. The van der Waals surface area contributed by atoms with Crippen LogP contribution in [0.4, 0.5) is 5.69 Å². The molecule has 0 fully saturated rings. The molecule has 2 N–H and O–H groups in total. The van der Waals surface area contributed by atoms with Gasteiger partial charge >= 0.3 is 0 Å². The first kappa shape index (κ1) is 15.6. The van der Waals surface area contributed by atoms with Crippen LogP contribution in [0.15, 0.2) is 47.3 Å². The molecule has 0 saturated carbocycles. The van der Waals surface area contributed by atoms with Gasteiger partial charge in [0.2, 0.25) is 0 Å². The van der Waals surface area contributed by atoms with Crippen molar-refractivity contribution in [2.24, 2.45) is 0 Å². The largest absolute Gasteiger partial charge is 0.442 e. The summed E-state index contributed by atoms with van der Waals surface area (Å²) in [4.78, 5) is 3.98. The molecule has 6 heteroatoms. The van der Waals surface area contributed by atoms with Crippen molar-refractivity contribution in [3.63, 3.8) is 0 Å². The molecular weight excluding hydrogens is 338 g/mol. The number of aromatic nitrogens is 3. The molecule has 1 atom stereocenters. The third-order valence-electron chi connectivity index (χ3n) is 5.38. The summed E-state index contributed by atoms with van der Waals surface area (Å²) in [6, 6.07) is 12.7. The highest BCUT2D eigenvalue weighted by Crippen LogP contribution is 2.37. The Morgan fingerprint density at radius 3 is 3.04 bits per heavy atom. The number of hydrogen-bond donors (Lipinski definition) is 2. The van der Waals surface area contributed by atoms with Gasteiger partial charge in [0.05, 0.1) is 29.4 Å². The monoisotopic (exact) mass is 355 g/mol. The van der Waals surface area contributed by atoms with Gasteiger partial charge in [0.25, 0.3) is 0 Å². The van der Waals surface area contributed by atoms with Crippen LogP contribution >= 0.6 is 0 Å². The molecule has 2 heterocycles. The number of anilines is 1. The maximum atomic E-state index is 9.25. The Hall–Kier alpha value is -3.59. The van der Waals surface area contributed by atoms with Crippen LogP contribution < -0.4 is 5.32 Å². The van der Waals surface area contributed by atoms with Crippen LogP contribution in [0.3, 0.4) is 0 Å². The standard InChI is InChI=1S/C21H17N5O/c1-12-13(9-22)2-4-16-15(12)5-7-18(16)24-14-3-6-19-17(8-14)21(26-25-19)20-10-23-11-27-20/h2-4,6,8,10-11,18,24H,5,7H2,1H3,(H,25,26)/t18-/m1/s1. The fourth-order valence-corrected chi connectivity index (χ4v) is 3.98. The Morgan fingerprint density at radius 1 is 1.30 bits per heavy atom. The fourth-order valence-electron chi connectivity index (χ4n) is 3.98. The predicted octanol–water partition coefficient (Wildman–Crippen LogP) is 4.50. The zero-order chi connectivity index (χ0) is 18.4. The van der Waals surface area contributed by atoms with Crippen LogP contribution in [-0.4, -0.2) is 15.2 Å². The molecule has 0 spiro atoms. The van der Waals surface area contributed by atoms with Crippen molar-refractivity contribution in [2.75, 3.05) is 5.32 Å². The number of nitrogens with one attached hydrogen (secondary N) is 2. The summed E-state index contributed by atoms with van der Waals surface area (Å²) in [6.07, 6.45) is 5.08. The third kappa shape index (κ3) is 2.48. The summed E-state index contributed by atoms with van der Waals surface area (Å²) in [5.74, 6) is 0.643. The first-order valence-corrected chi connectivity index (χ1v) is 8.90. The lowest BCUT2D eigenvalue weighted by Crippen LogP contribution is -2.07. The number of fused-ring (bicyclic) bond motifs is 2. The number of rotatable bonds is 3. The summed E-state index contributed by atoms with van der Waals surface area (Å²) >= 11 is 0. The van der Waals surface area contributed by atoms with Crippen molar-refractivity contribution in [3.05, 3.63) is 65.2 Å². The van der Waals surface area contributed by atoms with Gasteiger partial charge in [-0.1, -0.05) is 6.07 Å². The van der Waals surface area contributed by atoms with Gasteiger partial charge in [-0.3, -0.25) is 5.10 Å². The van der Waals surface area contributed by atoms with E-state index < -0.39 is 0 Å². The van der Waals surface area contributed by atoms with Gasteiger partial charge in [-0.25, -0.2) is 4.98 Å². The molecule has 0 saturated heterocycles. The van der Waals surface area contributed by atoms with Crippen LogP contribution in [0.25, 0.3) is 22.4 Å². The lowest BCUT2D eigenvalue weighted by atomic mass is 9.98. The number of benzene rings is 2. The van der Waals surface area contributed by atoms with Crippen molar-refractivity contribution in [1.29, 1.82) is 5.26 Å². The minimum atomic E-state index is 0.240. The lowest BCUT2D eigenvalue weighted by molar-refractivity contribution is 0.570. The van der Waals surface area contributed by atoms with E-state index in [1.807, 2.05) is 19.1 Å². The molecule has 1 aliphatic carbocycles. The summed E-state index contributed by atoms with van der Waals surface area (Å²) < 4.78 is 5.40. The Kier molecular flexibility index (Phi) is 3.47. The van der Waals surface area contributed by atoms with Gasteiger partial charge in [0.1, 0.15) is 5.69 Å². The Labute approximate surface area is 155 Å². The smallest absolute Gasteiger partial charge is 0.181 e. The average Bonchev–Trinajstić information content (AvgIpc) is 3.41. The highest BCUT2D eigenvalue weighted by molar-refractivity contribution is 5.93. The van der Waals surface area contributed by atoms with Gasteiger partial charge in [-0.05, 0) is 60.7 Å². The number of oxazole rings is 1. The van der Waals surface area contributed by atoms with Crippen molar-refractivity contribution < 1.29 is 4.42 Å². The molecule has 1 aliphatic rings. The van der Waals surface area contributed by atoms with Gasteiger partial charge in [0, 0.05) is 11.1 Å². The summed E-state index contributed by atoms with van der Waals surface area (Å²) in [6.45, 7) is 2.04. The molecule has 0 unspecified atom stereocenters. The van der Waals surface area contributed by atoms with Crippen molar-refractivity contribution in [2.45, 2.75) is 25.8 Å². The predicted molar refractivity (Wildman–Crippen MR) is 102 cm³/mol. The molecule has 2 aromatic heterocycles. The molecule has 0 bridgehead atoms. The van der Waals surface area contributed by atoms with Gasteiger partial charge < -0.3 is 9.73 Å². The zero-order valence-corrected chi connectivity index (χ0v) is 14.8. The van der Waals surface area contributed by atoms with E-state index in [0.717, 1.165) is 46.3 Å². The minimum Gasteiger partial charge on any atom is -0.442 e. The molecule has 132 valence electrons. The Balaban J connectivity index is 1.49. The molecule has 6 nitrogen and oxygen atoms in total. The van der Waals surface area contributed by atoms with E-state index in [0.29, 0.717) is 5.76 Å². The second kappa shape index (κ2) is 5.99. The van der Waals surface area contributed by atoms with Crippen molar-refractivity contribution in [3.8, 4) is 17.5 Å². The molecule has 27 heavy (non-hydrogen) atoms. The van der Waals surface area contributed by atoms with Crippen LogP contribution in [0.1, 0.15) is 34.7 Å². The van der Waals surface area contributed by atoms with Gasteiger partial charge in [-0.2, -0.15) is 10.4 Å². The van der Waals surface area contributed by atoms with Gasteiger partial charge in [-0.15, -0.1) is 0 Å². The van der Waals surface area contributed by atoms with Crippen LogP contribution in [0.2, 0.25) is 0 Å². The molecule has 2 aromatic carbocycles. The first-order valence-electron chi connectivity index (χ1n) is 8.90. The number of hydrogen-bond acceptors (Lipinski definition) is 5. The fraction of sp³-hybridized carbons (Fsp3) is 0.190. The van der Waals surface area contributed by atoms with E-state index in [1.165, 1.54) is 17.5 Å². The molecule has 0 amide bonds. The number of nitriles is 1. The van der Waals surface area contributed by atoms with E-state index >= 15 is 0 Å². The molecule has 5 rings (SSSR count). The zero-order valence-electron chi connectivity index (χ0n) is 14.8. The highest BCUT2D eigenvalue weighted by Gasteiger charge is 2.25. The molecular formula is C21H17N5O. The first-order chi connectivity index (χ1) is 13.2. The third-order valence-corrected chi connectivity index (χ3v) is 5.38. The minimum absolute atomic E-state index is 0.240. The Morgan fingerprint density at radius 2 is 2.22 bits per heavy atom. The second-order valence-corrected chi connectivity index (χ2v) is 6.85. The van der Waals surface area contributed by atoms with E-state index in [-0.39, 0.29) is 6.04 Å². The van der Waals surface area contributed by atoms with E-state index in [2.05, 4.69) is 44.8 Å². The lowest BCUT2D eigenvalue weighted by Gasteiger charge is -2.16. The molecule has 4 aromatic rings. The SMILES string of the molecule is Cc1c(C#N)ccc2c1CC[C@H]2Nc1ccc2[nH]nc(-c3cnco3)c2c1. The average molecular weight is 355 g/mol. The summed E-state index contributed by atoms with van der Waals surface area (Å²) in [5, 5.41) is 21.3. The molecule has 0 aliphatic heterocycles. The van der Waals surface area contributed by atoms with Crippen LogP contribution in [-0.2, 0) is 6.42 Å². The summed E-state index contributed by atoms with van der Waals surface area (Å²) in [5.41, 5.74) is 7.21. The van der Waals surface area contributed by atoms with Crippen molar-refractivity contribution >= 4 is 16.6 Å². The highest BCUT2D eigenvalue weighted by atomic mass is 16.3. The number of H-pyrrole nitrogens is 1. The number of aromatic amines is 1. The number of nitrogens with zero attached hydrogens (tertiary/aromatic N) is 3. The maximum Gasteiger partial charge on any atom is 0.181 e.